The number of halogens is 3. The Labute approximate surface area is 82.7 Å². The van der Waals surface area contributed by atoms with Crippen molar-refractivity contribution in [2.75, 3.05) is 0 Å². The SMILES string of the molecule is CC1=c2c(F)c(F)ccc2=NC1(F)C=O. The van der Waals surface area contributed by atoms with E-state index in [1.165, 1.54) is 6.92 Å². The van der Waals surface area contributed by atoms with Gasteiger partial charge in [-0.3, -0.25) is 4.79 Å². The third-order valence-electron chi connectivity index (χ3n) is 2.41. The van der Waals surface area contributed by atoms with Crippen molar-refractivity contribution in [1.82, 2.24) is 0 Å². The van der Waals surface area contributed by atoms with Gasteiger partial charge in [0.05, 0.1) is 5.36 Å². The van der Waals surface area contributed by atoms with Gasteiger partial charge in [-0.15, -0.1) is 0 Å². The first-order chi connectivity index (χ1) is 6.99. The van der Waals surface area contributed by atoms with Crippen molar-refractivity contribution >= 4 is 11.9 Å². The van der Waals surface area contributed by atoms with E-state index in [1.807, 2.05) is 0 Å². The Morgan fingerprint density at radius 1 is 1.40 bits per heavy atom. The smallest absolute Gasteiger partial charge is 0.278 e. The Bertz CT molecular complexity index is 567. The highest BCUT2D eigenvalue weighted by atomic mass is 19.2. The molecule has 0 spiro atoms. The van der Waals surface area contributed by atoms with Crippen molar-refractivity contribution in [2.24, 2.45) is 4.99 Å². The fourth-order valence-electron chi connectivity index (χ4n) is 1.54. The summed E-state index contributed by atoms with van der Waals surface area (Å²) in [6.45, 7) is 1.21. The lowest BCUT2D eigenvalue weighted by Crippen LogP contribution is -2.28. The maximum absolute atomic E-state index is 13.7. The summed E-state index contributed by atoms with van der Waals surface area (Å²) in [6, 6.07) is 1.99. The molecule has 0 bridgehead atoms. The van der Waals surface area contributed by atoms with Gasteiger partial charge >= 0.3 is 0 Å². The topological polar surface area (TPSA) is 29.4 Å². The molecule has 0 aliphatic carbocycles. The third kappa shape index (κ3) is 1.19. The zero-order chi connectivity index (χ0) is 11.2. The summed E-state index contributed by atoms with van der Waals surface area (Å²) in [5, 5.41) is -0.300. The van der Waals surface area contributed by atoms with E-state index in [0.717, 1.165) is 12.1 Å². The lowest BCUT2D eigenvalue weighted by atomic mass is 10.1. The quantitative estimate of drug-likeness (QED) is 0.497. The number of rotatable bonds is 1. The highest BCUT2D eigenvalue weighted by Gasteiger charge is 2.35. The van der Waals surface area contributed by atoms with Gasteiger partial charge in [0, 0.05) is 10.8 Å². The van der Waals surface area contributed by atoms with Crippen LogP contribution < -0.4 is 10.6 Å². The minimum Gasteiger partial charge on any atom is -0.297 e. The molecular weight excluding hydrogens is 207 g/mol. The number of carbonyl (C=O) groups excluding carboxylic acids is 1. The van der Waals surface area contributed by atoms with Crippen LogP contribution in [0.15, 0.2) is 17.1 Å². The number of hydrogen-bond acceptors (Lipinski definition) is 2. The molecule has 2 rings (SSSR count). The van der Waals surface area contributed by atoms with Gasteiger partial charge in [0.1, 0.15) is 0 Å². The molecule has 1 atom stereocenters. The van der Waals surface area contributed by atoms with Gasteiger partial charge in [-0.25, -0.2) is 18.2 Å². The molecule has 1 aromatic carbocycles. The van der Waals surface area contributed by atoms with Gasteiger partial charge in [0.25, 0.3) is 5.79 Å². The zero-order valence-corrected chi connectivity index (χ0v) is 7.72. The van der Waals surface area contributed by atoms with E-state index >= 15 is 0 Å². The molecule has 0 amide bonds. The molecule has 1 unspecified atom stereocenters. The number of nitrogens with zero attached hydrogens (tertiary/aromatic N) is 1. The highest BCUT2D eigenvalue weighted by Crippen LogP contribution is 2.23. The summed E-state index contributed by atoms with van der Waals surface area (Å²) in [5.41, 5.74) is -0.218. The van der Waals surface area contributed by atoms with Crippen molar-refractivity contribution in [1.29, 1.82) is 0 Å². The molecule has 0 N–H and O–H groups in total. The molecule has 1 aliphatic rings. The normalized spacial score (nSPS) is 23.6. The molecule has 0 fully saturated rings. The highest BCUT2D eigenvalue weighted by molar-refractivity contribution is 5.80. The summed E-state index contributed by atoms with van der Waals surface area (Å²) < 4.78 is 39.8. The van der Waals surface area contributed by atoms with E-state index in [4.69, 9.17) is 0 Å². The fraction of sp³-hybridized carbons (Fsp3) is 0.200. The number of aldehydes is 1. The molecular formula is C10H6F3NO. The van der Waals surface area contributed by atoms with E-state index in [0.29, 0.717) is 0 Å². The van der Waals surface area contributed by atoms with Gasteiger partial charge in [0.15, 0.2) is 17.9 Å². The van der Waals surface area contributed by atoms with Crippen LogP contribution in [0.2, 0.25) is 0 Å². The molecule has 1 heterocycles. The van der Waals surface area contributed by atoms with Crippen molar-refractivity contribution in [3.05, 3.63) is 34.3 Å². The average molecular weight is 213 g/mol. The van der Waals surface area contributed by atoms with E-state index in [9.17, 15) is 18.0 Å². The Hall–Kier alpha value is -1.65. The second-order valence-electron chi connectivity index (χ2n) is 3.28. The number of alkyl halides is 1. The molecule has 78 valence electrons. The van der Waals surface area contributed by atoms with Crippen molar-refractivity contribution in [3.63, 3.8) is 0 Å². The predicted octanol–water partition coefficient (Wildman–Crippen LogP) is 0.633. The molecule has 1 aliphatic heterocycles. The fourth-order valence-corrected chi connectivity index (χ4v) is 1.54. The van der Waals surface area contributed by atoms with E-state index in [1.54, 1.807) is 0 Å². The third-order valence-corrected chi connectivity index (χ3v) is 2.41. The van der Waals surface area contributed by atoms with Gasteiger partial charge in [0.2, 0.25) is 0 Å². The lowest BCUT2D eigenvalue weighted by Gasteiger charge is -2.08. The van der Waals surface area contributed by atoms with Crippen LogP contribution in [0.3, 0.4) is 0 Å². The standard InChI is InChI=1S/C10H6F3NO/c1-5-8-7(14-10(5,13)4-15)3-2-6(11)9(8)12/h2-4H,1H3. The molecule has 15 heavy (non-hydrogen) atoms. The van der Waals surface area contributed by atoms with Crippen LogP contribution in [0.1, 0.15) is 6.92 Å². The summed E-state index contributed by atoms with van der Waals surface area (Å²) in [5.74, 6) is -4.81. The van der Waals surface area contributed by atoms with Gasteiger partial charge in [-0.05, 0) is 19.1 Å². The number of benzene rings is 1. The average Bonchev–Trinajstić information content (AvgIpc) is 2.47. The second kappa shape index (κ2) is 2.92. The largest absolute Gasteiger partial charge is 0.297 e. The Morgan fingerprint density at radius 3 is 2.67 bits per heavy atom. The summed E-state index contributed by atoms with van der Waals surface area (Å²) in [7, 11) is 0. The lowest BCUT2D eigenvalue weighted by molar-refractivity contribution is -0.114. The summed E-state index contributed by atoms with van der Waals surface area (Å²) in [6.07, 6.45) is -0.0281. The number of carbonyl (C=O) groups is 1. The summed E-state index contributed by atoms with van der Waals surface area (Å²) in [4.78, 5) is 13.9. The molecule has 0 saturated carbocycles. The first kappa shape index (κ1) is 9.89. The second-order valence-corrected chi connectivity index (χ2v) is 3.28. The first-order valence-electron chi connectivity index (χ1n) is 4.20. The van der Waals surface area contributed by atoms with E-state index < -0.39 is 17.4 Å². The maximum Gasteiger partial charge on any atom is 0.278 e. The Kier molecular flexibility index (Phi) is 1.92. The van der Waals surface area contributed by atoms with Crippen molar-refractivity contribution in [3.8, 4) is 0 Å². The predicted molar refractivity (Wildman–Crippen MR) is 46.1 cm³/mol. The van der Waals surface area contributed by atoms with Crippen LogP contribution in [0.5, 0.6) is 0 Å². The van der Waals surface area contributed by atoms with Gasteiger partial charge < -0.3 is 0 Å². The van der Waals surface area contributed by atoms with Gasteiger partial charge in [-0.2, -0.15) is 0 Å². The minimum absolute atomic E-state index is 0.0281. The first-order valence-corrected chi connectivity index (χ1v) is 4.20. The number of fused-ring (bicyclic) bond motifs is 1. The molecule has 5 heteroatoms. The molecule has 0 saturated heterocycles. The van der Waals surface area contributed by atoms with E-state index in [2.05, 4.69) is 4.99 Å². The molecule has 0 radical (unpaired) electrons. The molecule has 1 aromatic rings. The van der Waals surface area contributed by atoms with Crippen LogP contribution in [0.25, 0.3) is 5.57 Å². The zero-order valence-electron chi connectivity index (χ0n) is 7.72. The minimum atomic E-state index is -2.56. The van der Waals surface area contributed by atoms with Crippen molar-refractivity contribution < 1.29 is 18.0 Å². The van der Waals surface area contributed by atoms with Crippen molar-refractivity contribution in [2.45, 2.75) is 12.7 Å². The van der Waals surface area contributed by atoms with Crippen LogP contribution >= 0.6 is 0 Å². The molecule has 0 aromatic heterocycles. The Balaban J connectivity index is 2.95. The van der Waals surface area contributed by atoms with E-state index in [-0.39, 0.29) is 22.4 Å². The molecule has 2 nitrogen and oxygen atoms in total. The monoisotopic (exact) mass is 213 g/mol. The van der Waals surface area contributed by atoms with Crippen LogP contribution in [-0.4, -0.2) is 12.1 Å². The number of hydrogen-bond donors (Lipinski definition) is 0. The van der Waals surface area contributed by atoms with Crippen LogP contribution in [0.4, 0.5) is 13.2 Å². The van der Waals surface area contributed by atoms with Crippen LogP contribution in [0, 0.1) is 11.6 Å². The Morgan fingerprint density at radius 2 is 2.07 bits per heavy atom. The maximum atomic E-state index is 13.7. The van der Waals surface area contributed by atoms with Crippen LogP contribution in [-0.2, 0) is 4.79 Å². The summed E-state index contributed by atoms with van der Waals surface area (Å²) >= 11 is 0. The van der Waals surface area contributed by atoms with Gasteiger partial charge in [-0.1, -0.05) is 0 Å².